The van der Waals surface area contributed by atoms with Gasteiger partial charge in [-0.3, -0.25) is 0 Å². The van der Waals surface area contributed by atoms with Crippen LogP contribution in [0.25, 0.3) is 5.13 Å². The summed E-state index contributed by atoms with van der Waals surface area (Å²) in [6.45, 7) is 10.2. The van der Waals surface area contributed by atoms with Crippen LogP contribution in [-0.2, 0) is 19.4 Å². The monoisotopic (exact) mass is 294 g/mol. The Labute approximate surface area is 123 Å². The normalized spacial score (nSPS) is 11.4. The first-order valence-corrected chi connectivity index (χ1v) is 7.93. The van der Waals surface area contributed by atoms with Crippen LogP contribution >= 0.6 is 11.3 Å². The van der Waals surface area contributed by atoms with E-state index in [1.807, 2.05) is 4.68 Å². The van der Waals surface area contributed by atoms with Crippen molar-refractivity contribution in [2.45, 2.75) is 47.1 Å². The van der Waals surface area contributed by atoms with Gasteiger partial charge >= 0.3 is 0 Å². The van der Waals surface area contributed by atoms with Crippen molar-refractivity contribution in [1.82, 2.24) is 30.3 Å². The zero-order valence-corrected chi connectivity index (χ0v) is 13.4. The molecule has 2 aromatic heterocycles. The summed E-state index contributed by atoms with van der Waals surface area (Å²) < 4.78 is 1.82. The van der Waals surface area contributed by atoms with Crippen molar-refractivity contribution < 1.29 is 0 Å². The Bertz CT molecular complexity index is 545. The Balaban J connectivity index is 2.10. The van der Waals surface area contributed by atoms with Gasteiger partial charge in [0.05, 0.1) is 0 Å². The number of aryl methyl sites for hydroxylation is 2. The van der Waals surface area contributed by atoms with E-state index in [-0.39, 0.29) is 0 Å². The van der Waals surface area contributed by atoms with Gasteiger partial charge in [-0.05, 0) is 12.5 Å². The van der Waals surface area contributed by atoms with E-state index in [1.165, 1.54) is 0 Å². The SMILES string of the molecule is CCc1nc(CC)n(-c2nnc(CNCC(C)C)s2)n1. The second-order valence-corrected chi connectivity index (χ2v) is 6.11. The van der Waals surface area contributed by atoms with Crippen molar-refractivity contribution in [2.24, 2.45) is 5.92 Å². The minimum absolute atomic E-state index is 0.636. The van der Waals surface area contributed by atoms with Crippen LogP contribution in [0.5, 0.6) is 0 Å². The number of aromatic nitrogens is 5. The Hall–Kier alpha value is -1.34. The van der Waals surface area contributed by atoms with Crippen molar-refractivity contribution in [3.05, 3.63) is 16.7 Å². The highest BCUT2D eigenvalue weighted by molar-refractivity contribution is 7.13. The van der Waals surface area contributed by atoms with Crippen LogP contribution < -0.4 is 5.32 Å². The molecule has 6 nitrogen and oxygen atoms in total. The van der Waals surface area contributed by atoms with Crippen molar-refractivity contribution in [3.8, 4) is 5.13 Å². The molecule has 2 rings (SSSR count). The van der Waals surface area contributed by atoms with Gasteiger partial charge in [-0.25, -0.2) is 4.98 Å². The summed E-state index contributed by atoms with van der Waals surface area (Å²) in [7, 11) is 0. The molecule has 0 saturated heterocycles. The molecule has 0 aliphatic heterocycles. The van der Waals surface area contributed by atoms with Gasteiger partial charge in [0.15, 0.2) is 5.82 Å². The predicted molar refractivity (Wildman–Crippen MR) is 80.1 cm³/mol. The molecule has 0 bridgehead atoms. The molecule has 0 fully saturated rings. The van der Waals surface area contributed by atoms with Gasteiger partial charge in [-0.15, -0.1) is 15.3 Å². The molecule has 2 aromatic rings. The fraction of sp³-hybridized carbons (Fsp3) is 0.692. The molecule has 0 aliphatic rings. The van der Waals surface area contributed by atoms with E-state index in [0.29, 0.717) is 5.92 Å². The van der Waals surface area contributed by atoms with Crippen molar-refractivity contribution in [1.29, 1.82) is 0 Å². The number of nitrogens with zero attached hydrogens (tertiary/aromatic N) is 5. The van der Waals surface area contributed by atoms with Crippen LogP contribution in [0.1, 0.15) is 44.4 Å². The van der Waals surface area contributed by atoms with E-state index < -0.39 is 0 Å². The van der Waals surface area contributed by atoms with Crippen LogP contribution in [0, 0.1) is 5.92 Å². The van der Waals surface area contributed by atoms with Gasteiger partial charge in [0.2, 0.25) is 5.13 Å². The number of nitrogens with one attached hydrogen (secondary N) is 1. The van der Waals surface area contributed by atoms with Gasteiger partial charge in [0, 0.05) is 19.4 Å². The van der Waals surface area contributed by atoms with Gasteiger partial charge in [-0.1, -0.05) is 39.0 Å². The molecule has 0 unspecified atom stereocenters. The largest absolute Gasteiger partial charge is 0.310 e. The molecule has 0 atom stereocenters. The second kappa shape index (κ2) is 6.90. The second-order valence-electron chi connectivity index (χ2n) is 5.07. The molecule has 0 radical (unpaired) electrons. The highest BCUT2D eigenvalue weighted by Gasteiger charge is 2.13. The zero-order valence-electron chi connectivity index (χ0n) is 12.6. The summed E-state index contributed by atoms with van der Waals surface area (Å²) in [5.74, 6) is 2.44. The van der Waals surface area contributed by atoms with E-state index in [2.05, 4.69) is 53.3 Å². The lowest BCUT2D eigenvalue weighted by molar-refractivity contribution is 0.550. The van der Waals surface area contributed by atoms with Crippen LogP contribution in [0.2, 0.25) is 0 Å². The Morgan fingerprint density at radius 1 is 1.20 bits per heavy atom. The zero-order chi connectivity index (χ0) is 14.5. The average molecular weight is 294 g/mol. The highest BCUT2D eigenvalue weighted by atomic mass is 32.1. The van der Waals surface area contributed by atoms with Gasteiger partial charge < -0.3 is 5.32 Å². The van der Waals surface area contributed by atoms with E-state index in [0.717, 1.165) is 47.7 Å². The standard InChI is InChI=1S/C13H22N6S/c1-5-10-15-11(6-2)19(18-10)13-17-16-12(20-13)8-14-7-9(3)4/h9,14H,5-8H2,1-4H3. The third-order valence-electron chi connectivity index (χ3n) is 2.82. The minimum Gasteiger partial charge on any atom is -0.310 e. The summed E-state index contributed by atoms with van der Waals surface area (Å²) in [5, 5.41) is 18.1. The fourth-order valence-electron chi connectivity index (χ4n) is 1.79. The maximum atomic E-state index is 4.49. The first-order valence-electron chi connectivity index (χ1n) is 7.12. The van der Waals surface area contributed by atoms with E-state index in [4.69, 9.17) is 0 Å². The van der Waals surface area contributed by atoms with Gasteiger partial charge in [-0.2, -0.15) is 4.68 Å². The van der Waals surface area contributed by atoms with Gasteiger partial charge in [0.1, 0.15) is 10.8 Å². The van der Waals surface area contributed by atoms with E-state index >= 15 is 0 Å². The quantitative estimate of drug-likeness (QED) is 0.846. The highest BCUT2D eigenvalue weighted by Crippen LogP contribution is 2.16. The smallest absolute Gasteiger partial charge is 0.234 e. The van der Waals surface area contributed by atoms with Crippen LogP contribution in [0.3, 0.4) is 0 Å². The molecular weight excluding hydrogens is 272 g/mol. The van der Waals surface area contributed by atoms with Crippen molar-refractivity contribution in [2.75, 3.05) is 6.54 Å². The summed E-state index contributed by atoms with van der Waals surface area (Å²) in [4.78, 5) is 4.49. The average Bonchev–Trinajstić information content (AvgIpc) is 3.03. The molecule has 0 amide bonds. The molecule has 110 valence electrons. The maximum Gasteiger partial charge on any atom is 0.234 e. The molecular formula is C13H22N6S. The van der Waals surface area contributed by atoms with Crippen molar-refractivity contribution >= 4 is 11.3 Å². The Morgan fingerprint density at radius 3 is 2.65 bits per heavy atom. The molecule has 2 heterocycles. The fourth-order valence-corrected chi connectivity index (χ4v) is 2.57. The van der Waals surface area contributed by atoms with Crippen LogP contribution in [0.4, 0.5) is 0 Å². The predicted octanol–water partition coefficient (Wildman–Crippen LogP) is 1.99. The molecule has 0 spiro atoms. The molecule has 0 aromatic carbocycles. The molecule has 0 saturated carbocycles. The lowest BCUT2D eigenvalue weighted by Crippen LogP contribution is -2.18. The van der Waals surface area contributed by atoms with E-state index in [1.54, 1.807) is 11.3 Å². The van der Waals surface area contributed by atoms with Crippen LogP contribution in [-0.4, -0.2) is 31.5 Å². The third kappa shape index (κ3) is 3.61. The summed E-state index contributed by atoms with van der Waals surface area (Å²) in [6, 6.07) is 0. The van der Waals surface area contributed by atoms with E-state index in [9.17, 15) is 0 Å². The summed E-state index contributed by atoms with van der Waals surface area (Å²) in [5.41, 5.74) is 0. The lowest BCUT2D eigenvalue weighted by atomic mass is 10.2. The number of rotatable bonds is 7. The number of hydrogen-bond acceptors (Lipinski definition) is 6. The first kappa shape index (κ1) is 15.1. The number of hydrogen-bond donors (Lipinski definition) is 1. The Kier molecular flexibility index (Phi) is 5.19. The molecule has 7 heteroatoms. The topological polar surface area (TPSA) is 68.5 Å². The lowest BCUT2D eigenvalue weighted by Gasteiger charge is -2.03. The van der Waals surface area contributed by atoms with Crippen LogP contribution in [0.15, 0.2) is 0 Å². The summed E-state index contributed by atoms with van der Waals surface area (Å²) >= 11 is 1.57. The van der Waals surface area contributed by atoms with Crippen molar-refractivity contribution in [3.63, 3.8) is 0 Å². The summed E-state index contributed by atoms with van der Waals surface area (Å²) in [6.07, 6.45) is 1.68. The molecule has 1 N–H and O–H groups in total. The molecule has 0 aliphatic carbocycles. The first-order chi connectivity index (χ1) is 9.63. The van der Waals surface area contributed by atoms with Gasteiger partial charge in [0.25, 0.3) is 0 Å². The minimum atomic E-state index is 0.636. The molecule has 20 heavy (non-hydrogen) atoms. The maximum absolute atomic E-state index is 4.49. The third-order valence-corrected chi connectivity index (χ3v) is 3.72. The Morgan fingerprint density at radius 2 is 2.00 bits per heavy atom.